The lowest BCUT2D eigenvalue weighted by atomic mass is 9.97. The molecule has 1 aliphatic heterocycles. The third kappa shape index (κ3) is 2.06. The summed E-state index contributed by atoms with van der Waals surface area (Å²) in [6, 6.07) is -1.48. The van der Waals surface area contributed by atoms with Crippen LogP contribution < -0.4 is 0 Å². The smallest absolute Gasteiger partial charge is 0.410 e. The third-order valence-corrected chi connectivity index (χ3v) is 3.59. The number of nitrogens with zero attached hydrogens (tertiary/aromatic N) is 1. The number of amides is 1. The third-order valence-electron chi connectivity index (χ3n) is 3.59. The first-order valence-corrected chi connectivity index (χ1v) is 6.16. The van der Waals surface area contributed by atoms with Crippen LogP contribution in [0.1, 0.15) is 27.2 Å². The van der Waals surface area contributed by atoms with Gasteiger partial charge in [-0.25, -0.2) is 13.6 Å². The van der Waals surface area contributed by atoms with Gasteiger partial charge >= 0.3 is 6.09 Å². The number of fused-ring (bicyclic) bond motifs is 2. The van der Waals surface area contributed by atoms with E-state index in [2.05, 4.69) is 0 Å². The largest absolute Gasteiger partial charge is 0.444 e. The number of likely N-dealkylation sites (tertiary alicyclic amines) is 1. The van der Waals surface area contributed by atoms with E-state index in [0.717, 1.165) is 0 Å². The molecule has 0 spiro atoms. The number of carbonyl (C=O) groups is 1. The first-order chi connectivity index (χ1) is 8.26. The van der Waals surface area contributed by atoms with E-state index in [1.165, 1.54) is 4.90 Å². The fourth-order valence-corrected chi connectivity index (χ4v) is 2.88. The minimum atomic E-state index is -1.68. The summed E-state index contributed by atoms with van der Waals surface area (Å²) in [5.41, 5.74) is -0.695. The number of hydrogen-bond acceptors (Lipinski definition) is 3. The molecule has 104 valence electrons. The van der Waals surface area contributed by atoms with Crippen molar-refractivity contribution in [3.8, 4) is 0 Å². The predicted octanol–water partition coefficient (Wildman–Crippen LogP) is 1.66. The molecule has 2 aliphatic rings. The molecule has 1 saturated carbocycles. The molecule has 0 radical (unpaired) electrons. The molecule has 0 aromatic carbocycles. The number of aliphatic hydroxyl groups excluding tert-OH is 1. The maximum atomic E-state index is 13.7. The Labute approximate surface area is 105 Å². The molecule has 18 heavy (non-hydrogen) atoms. The van der Waals surface area contributed by atoms with E-state index in [-0.39, 0.29) is 13.0 Å². The van der Waals surface area contributed by atoms with Crippen LogP contribution in [-0.2, 0) is 4.74 Å². The Bertz CT molecular complexity index is 343. The van der Waals surface area contributed by atoms with Gasteiger partial charge in [-0.2, -0.15) is 0 Å². The van der Waals surface area contributed by atoms with Gasteiger partial charge in [0.25, 0.3) is 0 Å². The standard InChI is InChI=1S/C12H19F2NO3/c1-12(2,3)18-11(17)15-7-4-6(8(15)5-16)9(13)10(7)14/h6-10,16H,4-5H2,1-3H3/t6-,7-,8+,9?,10?/m1/s1. The highest BCUT2D eigenvalue weighted by atomic mass is 19.2. The van der Waals surface area contributed by atoms with Gasteiger partial charge in [0.05, 0.1) is 18.7 Å². The zero-order valence-corrected chi connectivity index (χ0v) is 10.8. The van der Waals surface area contributed by atoms with Crippen molar-refractivity contribution in [2.24, 2.45) is 5.92 Å². The fraction of sp³-hybridized carbons (Fsp3) is 0.917. The monoisotopic (exact) mass is 263 g/mol. The molecule has 2 rings (SSSR count). The highest BCUT2D eigenvalue weighted by molar-refractivity contribution is 5.70. The van der Waals surface area contributed by atoms with Crippen molar-refractivity contribution in [2.45, 2.75) is 57.2 Å². The average molecular weight is 263 g/mol. The summed E-state index contributed by atoms with van der Waals surface area (Å²) in [7, 11) is 0. The summed E-state index contributed by atoms with van der Waals surface area (Å²) < 4.78 is 32.4. The lowest BCUT2D eigenvalue weighted by Gasteiger charge is -2.38. The van der Waals surface area contributed by atoms with Gasteiger partial charge in [-0.15, -0.1) is 0 Å². The van der Waals surface area contributed by atoms with Gasteiger partial charge < -0.3 is 9.84 Å². The summed E-state index contributed by atoms with van der Waals surface area (Å²) >= 11 is 0. The van der Waals surface area contributed by atoms with Crippen LogP contribution in [0, 0.1) is 5.92 Å². The lowest BCUT2D eigenvalue weighted by Crippen LogP contribution is -2.55. The van der Waals surface area contributed by atoms with Crippen LogP contribution in [0.15, 0.2) is 0 Å². The van der Waals surface area contributed by atoms with Crippen LogP contribution >= 0.6 is 0 Å². The van der Waals surface area contributed by atoms with Crippen molar-refractivity contribution in [1.82, 2.24) is 4.90 Å². The fourth-order valence-electron chi connectivity index (χ4n) is 2.88. The van der Waals surface area contributed by atoms with E-state index in [1.54, 1.807) is 20.8 Å². The Hall–Kier alpha value is -0.910. The normalized spacial score (nSPS) is 39.2. The van der Waals surface area contributed by atoms with E-state index in [4.69, 9.17) is 4.74 Å². The van der Waals surface area contributed by atoms with Gasteiger partial charge in [0.2, 0.25) is 0 Å². The van der Waals surface area contributed by atoms with E-state index in [9.17, 15) is 18.7 Å². The van der Waals surface area contributed by atoms with Crippen LogP contribution in [0.4, 0.5) is 13.6 Å². The number of ether oxygens (including phenoxy) is 1. The summed E-state index contributed by atoms with van der Waals surface area (Å²) in [4.78, 5) is 13.2. The summed E-state index contributed by atoms with van der Waals surface area (Å²) in [5, 5.41) is 9.27. The van der Waals surface area contributed by atoms with Crippen molar-refractivity contribution in [2.75, 3.05) is 6.61 Å². The molecule has 1 N–H and O–H groups in total. The van der Waals surface area contributed by atoms with Crippen molar-refractivity contribution in [3.63, 3.8) is 0 Å². The van der Waals surface area contributed by atoms with Gasteiger partial charge in [0.15, 0.2) is 6.17 Å². The average Bonchev–Trinajstić information content (AvgIpc) is 2.74. The molecule has 6 heteroatoms. The van der Waals surface area contributed by atoms with Crippen LogP contribution in [0.2, 0.25) is 0 Å². The van der Waals surface area contributed by atoms with E-state index < -0.39 is 42.0 Å². The molecule has 0 aromatic heterocycles. The first kappa shape index (κ1) is 13.5. The number of halogens is 2. The second-order valence-electron chi connectivity index (χ2n) is 5.99. The Morgan fingerprint density at radius 2 is 2.00 bits per heavy atom. The molecule has 0 aromatic rings. The predicted molar refractivity (Wildman–Crippen MR) is 60.6 cm³/mol. The lowest BCUT2D eigenvalue weighted by molar-refractivity contribution is -0.0330. The molecule has 5 atom stereocenters. The van der Waals surface area contributed by atoms with Crippen molar-refractivity contribution in [1.29, 1.82) is 0 Å². The second kappa shape index (κ2) is 4.33. The second-order valence-corrected chi connectivity index (χ2v) is 5.99. The maximum Gasteiger partial charge on any atom is 0.410 e. The Balaban J connectivity index is 2.15. The van der Waals surface area contributed by atoms with Gasteiger partial charge in [-0.05, 0) is 27.2 Å². The Morgan fingerprint density at radius 3 is 2.50 bits per heavy atom. The van der Waals surface area contributed by atoms with E-state index in [1.807, 2.05) is 0 Å². The van der Waals surface area contributed by atoms with E-state index >= 15 is 0 Å². The molecule has 4 nitrogen and oxygen atoms in total. The van der Waals surface area contributed by atoms with Crippen LogP contribution in [0.3, 0.4) is 0 Å². The van der Waals surface area contributed by atoms with E-state index in [0.29, 0.717) is 0 Å². The molecule has 1 saturated heterocycles. The number of rotatable bonds is 1. The molecule has 2 bridgehead atoms. The SMILES string of the molecule is CC(C)(C)OC(=O)N1[C@@H]2C[C@@H](C(F)C2F)[C@@H]1CO. The van der Waals surface area contributed by atoms with Gasteiger partial charge in [0.1, 0.15) is 11.8 Å². The van der Waals surface area contributed by atoms with Gasteiger partial charge in [-0.3, -0.25) is 4.90 Å². The zero-order chi connectivity index (χ0) is 13.7. The minimum Gasteiger partial charge on any atom is -0.444 e. The highest BCUT2D eigenvalue weighted by Crippen LogP contribution is 2.46. The summed E-state index contributed by atoms with van der Waals surface area (Å²) in [5.74, 6) is -0.623. The van der Waals surface area contributed by atoms with Gasteiger partial charge in [0, 0.05) is 5.92 Å². The molecular formula is C12H19F2NO3. The Morgan fingerprint density at radius 1 is 1.39 bits per heavy atom. The molecule has 2 fully saturated rings. The number of piperidine rings is 1. The number of carbonyl (C=O) groups excluding carboxylic acids is 1. The zero-order valence-electron chi connectivity index (χ0n) is 10.8. The van der Waals surface area contributed by atoms with Crippen molar-refractivity contribution < 1.29 is 23.4 Å². The minimum absolute atomic E-state index is 0.257. The summed E-state index contributed by atoms with van der Waals surface area (Å²) in [6.07, 6.45) is -3.69. The first-order valence-electron chi connectivity index (χ1n) is 6.16. The number of aliphatic hydroxyl groups is 1. The highest BCUT2D eigenvalue weighted by Gasteiger charge is 2.60. The van der Waals surface area contributed by atoms with Crippen LogP contribution in [0.25, 0.3) is 0 Å². The topological polar surface area (TPSA) is 49.8 Å². The van der Waals surface area contributed by atoms with Crippen LogP contribution in [-0.4, -0.2) is 52.7 Å². The van der Waals surface area contributed by atoms with Crippen molar-refractivity contribution in [3.05, 3.63) is 0 Å². The molecule has 1 aliphatic carbocycles. The van der Waals surface area contributed by atoms with Gasteiger partial charge in [-0.1, -0.05) is 0 Å². The van der Waals surface area contributed by atoms with Crippen molar-refractivity contribution >= 4 is 6.09 Å². The molecular weight excluding hydrogens is 244 g/mol. The molecule has 2 unspecified atom stereocenters. The Kier molecular flexibility index (Phi) is 3.25. The number of hydrogen-bond donors (Lipinski definition) is 1. The maximum absolute atomic E-state index is 13.7. The quantitative estimate of drug-likeness (QED) is 0.782. The molecule has 1 heterocycles. The number of alkyl halides is 2. The molecule has 1 amide bonds. The van der Waals surface area contributed by atoms with Crippen LogP contribution in [0.5, 0.6) is 0 Å². The summed E-state index contributed by atoms with van der Waals surface area (Å²) in [6.45, 7) is 4.75.